The standard InChI is InChI=1S/C3H3BrO3/c4-1-2(5)3(6)7/h1,5H,(H,6,7). The fraction of sp³-hybridized carbons (Fsp3) is 0. The first kappa shape index (κ1) is 6.49. The number of carboxylic acids is 1. The number of aliphatic carboxylic acids is 1. The average molecular weight is 167 g/mol. The summed E-state index contributed by atoms with van der Waals surface area (Å²) in [6.45, 7) is 0. The van der Waals surface area contributed by atoms with Crippen molar-refractivity contribution in [3.8, 4) is 0 Å². The van der Waals surface area contributed by atoms with E-state index >= 15 is 0 Å². The SMILES string of the molecule is O=C(O)C(O)=CBr. The fourth-order valence-corrected chi connectivity index (χ4v) is 0.243. The minimum Gasteiger partial charge on any atom is -0.501 e. The lowest BCUT2D eigenvalue weighted by Gasteiger charge is -1.82. The monoisotopic (exact) mass is 166 g/mol. The predicted molar refractivity (Wildman–Crippen MR) is 27.3 cm³/mol. The van der Waals surface area contributed by atoms with E-state index in [4.69, 9.17) is 10.2 Å². The molecule has 0 rings (SSSR count). The molecule has 3 nitrogen and oxygen atoms in total. The van der Waals surface area contributed by atoms with Gasteiger partial charge >= 0.3 is 5.97 Å². The van der Waals surface area contributed by atoms with E-state index in [9.17, 15) is 4.79 Å². The Morgan fingerprint density at radius 3 is 2.00 bits per heavy atom. The largest absolute Gasteiger partial charge is 0.501 e. The summed E-state index contributed by atoms with van der Waals surface area (Å²) in [5.41, 5.74) is 0. The highest BCUT2D eigenvalue weighted by molar-refractivity contribution is 9.11. The zero-order valence-corrected chi connectivity index (χ0v) is 4.84. The van der Waals surface area contributed by atoms with Crippen molar-refractivity contribution in [1.29, 1.82) is 0 Å². The summed E-state index contributed by atoms with van der Waals surface area (Å²) < 4.78 is 0. The molecule has 0 aromatic heterocycles. The topological polar surface area (TPSA) is 57.5 Å². The van der Waals surface area contributed by atoms with Gasteiger partial charge in [0.1, 0.15) is 0 Å². The van der Waals surface area contributed by atoms with Crippen LogP contribution in [-0.2, 0) is 4.79 Å². The highest BCUT2D eigenvalue weighted by atomic mass is 79.9. The van der Waals surface area contributed by atoms with Crippen LogP contribution in [0.5, 0.6) is 0 Å². The molecule has 0 fully saturated rings. The normalized spacial score (nSPS) is 11.3. The molecule has 0 radical (unpaired) electrons. The van der Waals surface area contributed by atoms with Gasteiger partial charge in [0.2, 0.25) is 5.76 Å². The Morgan fingerprint density at radius 1 is 1.57 bits per heavy atom. The number of halogens is 1. The van der Waals surface area contributed by atoms with Crippen molar-refractivity contribution in [3.05, 3.63) is 10.7 Å². The van der Waals surface area contributed by atoms with Gasteiger partial charge in [-0.15, -0.1) is 0 Å². The molecule has 0 heterocycles. The van der Waals surface area contributed by atoms with Crippen LogP contribution in [0.3, 0.4) is 0 Å². The lowest BCUT2D eigenvalue weighted by Crippen LogP contribution is -1.96. The first-order valence-corrected chi connectivity index (χ1v) is 2.32. The van der Waals surface area contributed by atoms with Gasteiger partial charge in [0.05, 0.1) is 0 Å². The lowest BCUT2D eigenvalue weighted by atomic mass is 10.6. The third kappa shape index (κ3) is 2.22. The van der Waals surface area contributed by atoms with Gasteiger partial charge in [0.25, 0.3) is 0 Å². The summed E-state index contributed by atoms with van der Waals surface area (Å²) in [5, 5.41) is 16.0. The molecule has 0 spiro atoms. The predicted octanol–water partition coefficient (Wildman–Crippen LogP) is 0.865. The van der Waals surface area contributed by atoms with Crippen LogP contribution < -0.4 is 0 Å². The summed E-state index contributed by atoms with van der Waals surface area (Å²) in [5.74, 6) is -2.03. The summed E-state index contributed by atoms with van der Waals surface area (Å²) in [7, 11) is 0. The van der Waals surface area contributed by atoms with Gasteiger partial charge in [-0.3, -0.25) is 0 Å². The van der Waals surface area contributed by atoms with Gasteiger partial charge in [-0.05, 0) is 0 Å². The summed E-state index contributed by atoms with van der Waals surface area (Å²) >= 11 is 2.62. The van der Waals surface area contributed by atoms with E-state index in [1.165, 1.54) is 0 Å². The van der Waals surface area contributed by atoms with Gasteiger partial charge < -0.3 is 10.2 Å². The number of aliphatic hydroxyl groups is 1. The minimum absolute atomic E-state index is 0.694. The molecule has 0 aliphatic rings. The van der Waals surface area contributed by atoms with Crippen LogP contribution in [0.15, 0.2) is 10.7 Å². The quantitative estimate of drug-likeness (QED) is 0.449. The summed E-state index contributed by atoms with van der Waals surface area (Å²) in [4.78, 5) is 10.5. The second kappa shape index (κ2) is 2.63. The molecular formula is C3H3BrO3. The first-order valence-electron chi connectivity index (χ1n) is 1.41. The molecule has 0 saturated carbocycles. The molecule has 0 unspecified atom stereocenters. The molecule has 40 valence electrons. The molecule has 0 saturated heterocycles. The van der Waals surface area contributed by atoms with E-state index in [1.807, 2.05) is 0 Å². The van der Waals surface area contributed by atoms with Crippen molar-refractivity contribution in [2.45, 2.75) is 0 Å². The van der Waals surface area contributed by atoms with Crippen molar-refractivity contribution >= 4 is 21.9 Å². The molecule has 0 aliphatic heterocycles. The van der Waals surface area contributed by atoms with Gasteiger partial charge in [-0.1, -0.05) is 15.9 Å². The van der Waals surface area contributed by atoms with Crippen molar-refractivity contribution < 1.29 is 15.0 Å². The Kier molecular flexibility index (Phi) is 2.44. The average Bonchev–Trinajstić information content (AvgIpc) is 1.65. The van der Waals surface area contributed by atoms with Crippen molar-refractivity contribution in [2.24, 2.45) is 0 Å². The van der Waals surface area contributed by atoms with Gasteiger partial charge in [0.15, 0.2) is 0 Å². The molecule has 0 bridgehead atoms. The second-order valence-corrected chi connectivity index (χ2v) is 1.26. The maximum Gasteiger partial charge on any atom is 0.371 e. The van der Waals surface area contributed by atoms with Crippen LogP contribution in [0.25, 0.3) is 0 Å². The second-order valence-electron chi connectivity index (χ2n) is 0.800. The van der Waals surface area contributed by atoms with E-state index < -0.39 is 11.7 Å². The molecular weight excluding hydrogens is 164 g/mol. The van der Waals surface area contributed by atoms with Gasteiger partial charge in [0, 0.05) is 4.99 Å². The summed E-state index contributed by atoms with van der Waals surface area (Å²) in [6.07, 6.45) is 0. The number of hydrogen-bond donors (Lipinski definition) is 2. The number of hydrogen-bond acceptors (Lipinski definition) is 2. The number of rotatable bonds is 1. The molecule has 0 amide bonds. The van der Waals surface area contributed by atoms with E-state index in [-0.39, 0.29) is 0 Å². The maximum absolute atomic E-state index is 9.58. The molecule has 0 aliphatic carbocycles. The van der Waals surface area contributed by atoms with E-state index in [1.54, 1.807) is 0 Å². The zero-order valence-electron chi connectivity index (χ0n) is 3.26. The van der Waals surface area contributed by atoms with Crippen LogP contribution in [0.4, 0.5) is 0 Å². The van der Waals surface area contributed by atoms with Crippen LogP contribution in [0.2, 0.25) is 0 Å². The molecule has 0 aromatic carbocycles. The van der Waals surface area contributed by atoms with E-state index in [2.05, 4.69) is 15.9 Å². The van der Waals surface area contributed by atoms with Gasteiger partial charge in [-0.25, -0.2) is 4.79 Å². The van der Waals surface area contributed by atoms with Crippen molar-refractivity contribution in [2.75, 3.05) is 0 Å². The van der Waals surface area contributed by atoms with Gasteiger partial charge in [-0.2, -0.15) is 0 Å². The maximum atomic E-state index is 9.58. The molecule has 0 atom stereocenters. The highest BCUT2D eigenvalue weighted by Crippen LogP contribution is 1.91. The zero-order chi connectivity index (χ0) is 5.86. The van der Waals surface area contributed by atoms with Crippen molar-refractivity contribution in [1.82, 2.24) is 0 Å². The minimum atomic E-state index is -1.34. The number of carbonyl (C=O) groups is 1. The Hall–Kier alpha value is -0.510. The van der Waals surface area contributed by atoms with E-state index in [0.29, 0.717) is 0 Å². The molecule has 4 heteroatoms. The van der Waals surface area contributed by atoms with Crippen LogP contribution in [0, 0.1) is 0 Å². The summed E-state index contributed by atoms with van der Waals surface area (Å²) in [6, 6.07) is 0. The van der Waals surface area contributed by atoms with Crippen molar-refractivity contribution in [3.63, 3.8) is 0 Å². The van der Waals surface area contributed by atoms with Crippen LogP contribution in [-0.4, -0.2) is 16.2 Å². The van der Waals surface area contributed by atoms with Crippen LogP contribution in [0.1, 0.15) is 0 Å². The molecule has 0 aromatic rings. The molecule has 2 N–H and O–H groups in total. The Balaban J connectivity index is 3.82. The first-order chi connectivity index (χ1) is 3.18. The number of aliphatic hydroxyl groups excluding tert-OH is 1. The van der Waals surface area contributed by atoms with E-state index in [0.717, 1.165) is 4.99 Å². The molecule has 7 heavy (non-hydrogen) atoms. The Bertz CT molecular complexity index is 107. The lowest BCUT2D eigenvalue weighted by molar-refractivity contribution is -0.135. The smallest absolute Gasteiger partial charge is 0.371 e. The third-order valence-electron chi connectivity index (χ3n) is 0.322. The highest BCUT2D eigenvalue weighted by Gasteiger charge is 1.98. The fourth-order valence-electron chi connectivity index (χ4n) is 0.0467. The Labute approximate surface area is 48.4 Å². The number of carboxylic acid groups (broad SMARTS) is 1. The Morgan fingerprint density at radius 2 is 2.00 bits per heavy atom. The van der Waals surface area contributed by atoms with Crippen LogP contribution >= 0.6 is 15.9 Å². The third-order valence-corrected chi connectivity index (χ3v) is 0.756.